The van der Waals surface area contributed by atoms with Crippen molar-refractivity contribution in [2.24, 2.45) is 11.7 Å². The lowest BCUT2D eigenvalue weighted by molar-refractivity contribution is -0.139. The van der Waals surface area contributed by atoms with Gasteiger partial charge in [0.2, 0.25) is 11.8 Å². The minimum absolute atomic E-state index is 0.0244. The van der Waals surface area contributed by atoms with Crippen LogP contribution in [0.25, 0.3) is 0 Å². The van der Waals surface area contributed by atoms with Gasteiger partial charge in [0.25, 0.3) is 0 Å². The van der Waals surface area contributed by atoms with Gasteiger partial charge < -0.3 is 16.0 Å². The Morgan fingerprint density at radius 1 is 1.50 bits per heavy atom. The maximum absolute atomic E-state index is 11.8. The Morgan fingerprint density at radius 2 is 2.11 bits per heavy atom. The molecule has 0 spiro atoms. The standard InChI is InChI=1S/C13H25N3O2/c1-4-10(5-2)15-12(17)8-16-7-11(14)9(3)6-13(16)18/h9-11H,4-8,14H2,1-3H3,(H,15,17). The number of hydrogen-bond donors (Lipinski definition) is 2. The second kappa shape index (κ2) is 6.73. The topological polar surface area (TPSA) is 75.4 Å². The molecule has 18 heavy (non-hydrogen) atoms. The molecule has 1 rings (SSSR count). The number of likely N-dealkylation sites (tertiary alicyclic amines) is 1. The molecule has 1 fully saturated rings. The van der Waals surface area contributed by atoms with Gasteiger partial charge in [0, 0.05) is 25.0 Å². The zero-order valence-electron chi connectivity index (χ0n) is 11.6. The van der Waals surface area contributed by atoms with Crippen LogP contribution in [0.1, 0.15) is 40.0 Å². The molecule has 2 unspecified atom stereocenters. The van der Waals surface area contributed by atoms with Crippen molar-refractivity contribution in [3.63, 3.8) is 0 Å². The van der Waals surface area contributed by atoms with E-state index >= 15 is 0 Å². The van der Waals surface area contributed by atoms with Crippen molar-refractivity contribution in [2.75, 3.05) is 13.1 Å². The fourth-order valence-corrected chi connectivity index (χ4v) is 2.18. The Hall–Kier alpha value is -1.10. The highest BCUT2D eigenvalue weighted by molar-refractivity contribution is 5.85. The lowest BCUT2D eigenvalue weighted by Gasteiger charge is -2.34. The SMILES string of the molecule is CCC(CC)NC(=O)CN1CC(N)C(C)CC1=O. The van der Waals surface area contributed by atoms with Gasteiger partial charge in [-0.2, -0.15) is 0 Å². The maximum atomic E-state index is 11.8. The van der Waals surface area contributed by atoms with Gasteiger partial charge in [-0.1, -0.05) is 20.8 Å². The van der Waals surface area contributed by atoms with Crippen LogP contribution in [-0.4, -0.2) is 41.9 Å². The van der Waals surface area contributed by atoms with Crippen LogP contribution in [0.3, 0.4) is 0 Å². The summed E-state index contributed by atoms with van der Waals surface area (Å²) in [5.74, 6) is 0.151. The number of carbonyl (C=O) groups excluding carboxylic acids is 2. The molecule has 2 atom stereocenters. The Balaban J connectivity index is 2.46. The van der Waals surface area contributed by atoms with Crippen LogP contribution in [0.5, 0.6) is 0 Å². The molecule has 1 aliphatic heterocycles. The van der Waals surface area contributed by atoms with Crippen LogP contribution in [-0.2, 0) is 9.59 Å². The minimum Gasteiger partial charge on any atom is -0.352 e. The first-order chi connectivity index (χ1) is 8.47. The van der Waals surface area contributed by atoms with Gasteiger partial charge in [0.1, 0.15) is 0 Å². The molecule has 1 heterocycles. The van der Waals surface area contributed by atoms with E-state index in [1.807, 2.05) is 20.8 Å². The summed E-state index contributed by atoms with van der Waals surface area (Å²) in [6.07, 6.45) is 2.26. The van der Waals surface area contributed by atoms with Crippen molar-refractivity contribution < 1.29 is 9.59 Å². The third-order valence-electron chi connectivity index (χ3n) is 3.70. The molecule has 0 radical (unpaired) electrons. The average Bonchev–Trinajstić information content (AvgIpc) is 2.33. The molecule has 0 aromatic carbocycles. The number of nitrogens with one attached hydrogen (secondary N) is 1. The van der Waals surface area contributed by atoms with Gasteiger partial charge in [0.05, 0.1) is 6.54 Å². The van der Waals surface area contributed by atoms with E-state index in [1.54, 1.807) is 4.90 Å². The molecule has 0 bridgehead atoms. The van der Waals surface area contributed by atoms with Crippen molar-refractivity contribution >= 4 is 11.8 Å². The highest BCUT2D eigenvalue weighted by Crippen LogP contribution is 2.16. The lowest BCUT2D eigenvalue weighted by Crippen LogP contribution is -2.53. The Labute approximate surface area is 109 Å². The van der Waals surface area contributed by atoms with E-state index in [0.717, 1.165) is 12.8 Å². The normalized spacial score (nSPS) is 24.5. The first kappa shape index (κ1) is 15.0. The summed E-state index contributed by atoms with van der Waals surface area (Å²) in [6.45, 7) is 6.67. The van der Waals surface area contributed by atoms with Crippen molar-refractivity contribution in [3.05, 3.63) is 0 Å². The van der Waals surface area contributed by atoms with E-state index in [-0.39, 0.29) is 36.4 Å². The summed E-state index contributed by atoms with van der Waals surface area (Å²) in [6, 6.07) is 0.175. The summed E-state index contributed by atoms with van der Waals surface area (Å²) in [4.78, 5) is 25.2. The van der Waals surface area contributed by atoms with Gasteiger partial charge in [-0.25, -0.2) is 0 Å². The fraction of sp³-hybridized carbons (Fsp3) is 0.846. The average molecular weight is 255 g/mol. The molecule has 2 amide bonds. The number of amides is 2. The Morgan fingerprint density at radius 3 is 2.67 bits per heavy atom. The van der Waals surface area contributed by atoms with Crippen molar-refractivity contribution in [1.29, 1.82) is 0 Å². The third kappa shape index (κ3) is 3.98. The van der Waals surface area contributed by atoms with E-state index in [1.165, 1.54) is 0 Å². The van der Waals surface area contributed by atoms with Crippen molar-refractivity contribution in [2.45, 2.75) is 52.1 Å². The minimum atomic E-state index is -0.0844. The molecule has 0 aromatic heterocycles. The molecule has 5 nitrogen and oxygen atoms in total. The fourth-order valence-electron chi connectivity index (χ4n) is 2.18. The van der Waals surface area contributed by atoms with E-state index < -0.39 is 0 Å². The van der Waals surface area contributed by atoms with Crippen molar-refractivity contribution in [3.8, 4) is 0 Å². The van der Waals surface area contributed by atoms with Crippen LogP contribution in [0.15, 0.2) is 0 Å². The number of nitrogens with zero attached hydrogens (tertiary/aromatic N) is 1. The van der Waals surface area contributed by atoms with Gasteiger partial charge in [-0.05, 0) is 18.8 Å². The summed E-state index contributed by atoms with van der Waals surface area (Å²) in [5, 5.41) is 2.94. The van der Waals surface area contributed by atoms with E-state index in [0.29, 0.717) is 13.0 Å². The predicted molar refractivity (Wildman–Crippen MR) is 70.8 cm³/mol. The molecule has 1 saturated heterocycles. The molecular weight excluding hydrogens is 230 g/mol. The summed E-state index contributed by atoms with van der Waals surface area (Å²) in [7, 11) is 0. The maximum Gasteiger partial charge on any atom is 0.239 e. The van der Waals surface area contributed by atoms with E-state index in [2.05, 4.69) is 5.32 Å². The van der Waals surface area contributed by atoms with Crippen molar-refractivity contribution in [1.82, 2.24) is 10.2 Å². The number of rotatable bonds is 5. The van der Waals surface area contributed by atoms with Crippen LogP contribution < -0.4 is 11.1 Å². The number of nitrogens with two attached hydrogens (primary N) is 1. The second-order valence-electron chi connectivity index (χ2n) is 5.20. The second-order valence-corrected chi connectivity index (χ2v) is 5.20. The van der Waals surface area contributed by atoms with Crippen LogP contribution in [0, 0.1) is 5.92 Å². The molecule has 5 heteroatoms. The zero-order valence-corrected chi connectivity index (χ0v) is 11.6. The highest BCUT2D eigenvalue weighted by atomic mass is 16.2. The van der Waals surface area contributed by atoms with Crippen LogP contribution >= 0.6 is 0 Å². The highest BCUT2D eigenvalue weighted by Gasteiger charge is 2.30. The molecule has 3 N–H and O–H groups in total. The number of carbonyl (C=O) groups is 2. The molecule has 0 aromatic rings. The van der Waals surface area contributed by atoms with Crippen LogP contribution in [0.2, 0.25) is 0 Å². The van der Waals surface area contributed by atoms with E-state index in [4.69, 9.17) is 5.73 Å². The summed E-state index contributed by atoms with van der Waals surface area (Å²) >= 11 is 0. The third-order valence-corrected chi connectivity index (χ3v) is 3.70. The Bertz CT molecular complexity index is 303. The van der Waals surface area contributed by atoms with Gasteiger partial charge >= 0.3 is 0 Å². The van der Waals surface area contributed by atoms with Gasteiger partial charge in [0.15, 0.2) is 0 Å². The first-order valence-corrected chi connectivity index (χ1v) is 6.80. The first-order valence-electron chi connectivity index (χ1n) is 6.80. The lowest BCUT2D eigenvalue weighted by atomic mass is 9.94. The quantitative estimate of drug-likeness (QED) is 0.750. The molecule has 0 aliphatic carbocycles. The van der Waals surface area contributed by atoms with Crippen LogP contribution in [0.4, 0.5) is 0 Å². The smallest absolute Gasteiger partial charge is 0.239 e. The summed E-state index contributed by atoms with van der Waals surface area (Å²) < 4.78 is 0. The molecule has 0 saturated carbocycles. The molecular formula is C13H25N3O2. The monoisotopic (exact) mass is 255 g/mol. The largest absolute Gasteiger partial charge is 0.352 e. The number of piperidine rings is 1. The van der Waals surface area contributed by atoms with E-state index in [9.17, 15) is 9.59 Å². The van der Waals surface area contributed by atoms with Gasteiger partial charge in [-0.3, -0.25) is 9.59 Å². The van der Waals surface area contributed by atoms with Gasteiger partial charge in [-0.15, -0.1) is 0 Å². The number of hydrogen-bond acceptors (Lipinski definition) is 3. The molecule has 104 valence electrons. The predicted octanol–water partition coefficient (Wildman–Crippen LogP) is 0.487. The Kier molecular flexibility index (Phi) is 5.59. The molecule has 1 aliphatic rings. The summed E-state index contributed by atoms with van der Waals surface area (Å²) in [5.41, 5.74) is 5.93. The zero-order chi connectivity index (χ0) is 13.7.